The average molecular weight is 521 g/mol. The van der Waals surface area contributed by atoms with E-state index in [9.17, 15) is 9.59 Å². The maximum Gasteiger partial charge on any atom is 1.00 e. The first kappa shape index (κ1) is 24.2. The Balaban J connectivity index is 0.00000156. The minimum atomic E-state index is -0.494. The Kier molecular flexibility index (Phi) is 8.85. The molecule has 2 aliphatic heterocycles. The second kappa shape index (κ2) is 9.13. The van der Waals surface area contributed by atoms with Crippen molar-refractivity contribution in [3.8, 4) is 0 Å². The van der Waals surface area contributed by atoms with Gasteiger partial charge in [0, 0.05) is 23.5 Å². The molecule has 0 bridgehead atoms. The number of piperidine rings is 1. The molecule has 0 atom stereocenters. The molecule has 1 saturated heterocycles. The molecule has 3 rings (SSSR count). The number of ether oxygens (including phenoxy) is 2. The van der Waals surface area contributed by atoms with E-state index in [2.05, 4.69) is 15.9 Å². The summed E-state index contributed by atoms with van der Waals surface area (Å²) in [4.78, 5) is 26.9. The average Bonchev–Trinajstić information content (AvgIpc) is 2.86. The van der Waals surface area contributed by atoms with Gasteiger partial charge in [0.1, 0.15) is 17.8 Å². The second-order valence-corrected chi connectivity index (χ2v) is 9.40. The maximum absolute atomic E-state index is 12.2. The topological polar surface area (TPSA) is 55.8 Å². The van der Waals surface area contributed by atoms with Crippen molar-refractivity contribution in [1.29, 1.82) is 0 Å². The fraction of sp³-hybridized carbons (Fsp3) is 0.625. The number of amides is 1. The molecule has 0 unspecified atom stereocenters. The fourth-order valence-corrected chi connectivity index (χ4v) is 4.82. The van der Waals surface area contributed by atoms with Crippen molar-refractivity contribution < 1.29 is 87.4 Å². The van der Waals surface area contributed by atoms with Crippen LogP contribution < -0.4 is 68.4 Å². The molecule has 1 aromatic rings. The van der Waals surface area contributed by atoms with Crippen molar-refractivity contribution in [2.24, 2.45) is 0 Å². The number of likely N-dealkylation sites (tertiary alicyclic amines) is 1. The van der Waals surface area contributed by atoms with Gasteiger partial charge in [-0.05, 0) is 55.6 Å². The first-order valence-electron chi connectivity index (χ1n) is 7.65. The maximum atomic E-state index is 12.2. The molecule has 9 heteroatoms. The molecule has 5 nitrogen and oxygen atoms in total. The molecular weight excluding hydrogens is 501 g/mol. The fourth-order valence-electron chi connectivity index (χ4n) is 3.00. The van der Waals surface area contributed by atoms with Crippen LogP contribution in [0.4, 0.5) is 4.79 Å². The van der Waals surface area contributed by atoms with Gasteiger partial charge in [-0.3, -0.25) is 4.79 Å². The molecule has 2 aliphatic rings. The third kappa shape index (κ3) is 5.38. The van der Waals surface area contributed by atoms with Crippen LogP contribution in [0.15, 0.2) is 9.85 Å². The first-order chi connectivity index (χ1) is 10.7. The Morgan fingerprint density at radius 2 is 1.96 bits per heavy atom. The zero-order valence-corrected chi connectivity index (χ0v) is 22.0. The molecule has 1 aromatic heterocycles. The van der Waals surface area contributed by atoms with Gasteiger partial charge in [-0.1, -0.05) is 0 Å². The molecule has 0 saturated carbocycles. The number of carbonyl (C=O) groups excluding carboxylic acids is 2. The predicted octanol–water partition coefficient (Wildman–Crippen LogP) is -2.04. The van der Waals surface area contributed by atoms with Crippen LogP contribution in [0, 0.1) is 0 Å². The molecule has 0 radical (unpaired) electrons. The van der Waals surface area contributed by atoms with Crippen molar-refractivity contribution >= 4 is 39.1 Å². The van der Waals surface area contributed by atoms with Gasteiger partial charge < -0.3 is 31.4 Å². The van der Waals surface area contributed by atoms with E-state index < -0.39 is 11.2 Å². The number of ketones is 1. The molecule has 3 heterocycles. The number of fused-ring (bicyclic) bond motifs is 2. The van der Waals surface area contributed by atoms with E-state index in [4.69, 9.17) is 9.47 Å². The Morgan fingerprint density at radius 1 is 1.36 bits per heavy atom. The van der Waals surface area contributed by atoms with Gasteiger partial charge in [0.05, 0.1) is 3.79 Å². The number of carbonyl (C=O) groups is 2. The van der Waals surface area contributed by atoms with E-state index in [0.29, 0.717) is 25.9 Å². The number of nitrogens with zero attached hydrogens (tertiary/aromatic N) is 1. The Bertz CT molecular complexity index is 651. The van der Waals surface area contributed by atoms with Crippen LogP contribution in [0.25, 0.3) is 0 Å². The molecule has 25 heavy (non-hydrogen) atoms. The van der Waals surface area contributed by atoms with Crippen molar-refractivity contribution in [2.45, 2.75) is 44.8 Å². The molecule has 0 N–H and O–H groups in total. The zero-order valence-electron chi connectivity index (χ0n) is 14.9. The summed E-state index contributed by atoms with van der Waals surface area (Å²) in [6, 6.07) is 1.88. The Labute approximate surface area is 213 Å². The van der Waals surface area contributed by atoms with E-state index in [-0.39, 0.29) is 86.8 Å². The third-order valence-corrected chi connectivity index (χ3v) is 5.94. The summed E-state index contributed by atoms with van der Waals surface area (Å²) in [5.74, 6) is 0.0298. The van der Waals surface area contributed by atoms with E-state index in [1.54, 1.807) is 16.2 Å². The van der Waals surface area contributed by atoms with E-state index in [1.807, 2.05) is 26.8 Å². The number of hydrogen-bond acceptors (Lipinski definition) is 5. The number of hydrogen-bond donors (Lipinski definition) is 0. The Hall–Kier alpha value is 1.20. The molecule has 1 amide bonds. The SMILES string of the molecule is CC(C)(C)OC(=O)N1CCC2(CC1)OCC(=O)c1cc(Br)sc12.[Br-].[K+]. The molecular formula is C16H20Br2KNO4S. The summed E-state index contributed by atoms with van der Waals surface area (Å²) in [7, 11) is 0. The van der Waals surface area contributed by atoms with Gasteiger partial charge in [0.15, 0.2) is 5.78 Å². The van der Waals surface area contributed by atoms with Gasteiger partial charge in [-0.25, -0.2) is 4.79 Å². The van der Waals surface area contributed by atoms with Crippen LogP contribution in [0.2, 0.25) is 0 Å². The van der Waals surface area contributed by atoms with Crippen LogP contribution in [0.3, 0.4) is 0 Å². The van der Waals surface area contributed by atoms with Gasteiger partial charge in [-0.15, -0.1) is 11.3 Å². The molecule has 134 valence electrons. The summed E-state index contributed by atoms with van der Waals surface area (Å²) in [5, 5.41) is 0. The molecule has 0 aliphatic carbocycles. The zero-order chi connectivity index (χ0) is 16.8. The smallest absolute Gasteiger partial charge is 1.00 e. The van der Waals surface area contributed by atoms with Crippen molar-refractivity contribution in [3.05, 3.63) is 20.3 Å². The normalized spacial score (nSPS) is 18.9. The van der Waals surface area contributed by atoms with Crippen LogP contribution >= 0.6 is 27.3 Å². The summed E-state index contributed by atoms with van der Waals surface area (Å²) in [6.07, 6.45) is 1.07. The number of halogens is 2. The minimum Gasteiger partial charge on any atom is -1.00 e. The third-order valence-electron chi connectivity index (χ3n) is 4.12. The quantitative estimate of drug-likeness (QED) is 0.370. The van der Waals surface area contributed by atoms with Crippen LogP contribution in [0.5, 0.6) is 0 Å². The standard InChI is InChI=1S/C16H20BrNO4S.BrH.K/c1-15(2,3)22-14(20)18-6-4-16(5-7-18)13-10(8-12(17)23-13)11(19)9-21-16;;/h8H,4-7,9H2,1-3H3;1H;/q;;+1/p-1. The van der Waals surface area contributed by atoms with Gasteiger partial charge >= 0.3 is 57.5 Å². The summed E-state index contributed by atoms with van der Waals surface area (Å²) < 4.78 is 12.3. The first-order valence-corrected chi connectivity index (χ1v) is 9.26. The largest absolute Gasteiger partial charge is 1.00 e. The van der Waals surface area contributed by atoms with Crippen molar-refractivity contribution in [2.75, 3.05) is 19.7 Å². The van der Waals surface area contributed by atoms with Crippen LogP contribution in [-0.4, -0.2) is 42.1 Å². The minimum absolute atomic E-state index is 0. The van der Waals surface area contributed by atoms with E-state index in [1.165, 1.54) is 0 Å². The molecule has 1 spiro atoms. The van der Waals surface area contributed by atoms with Crippen LogP contribution in [-0.2, 0) is 15.1 Å². The number of Topliss-reactive ketones (excluding diaryl/α,β-unsaturated/α-hetero) is 1. The van der Waals surface area contributed by atoms with Gasteiger partial charge in [-0.2, -0.15) is 0 Å². The summed E-state index contributed by atoms with van der Waals surface area (Å²) in [6.45, 7) is 6.84. The van der Waals surface area contributed by atoms with E-state index >= 15 is 0 Å². The predicted molar refractivity (Wildman–Crippen MR) is 91.0 cm³/mol. The van der Waals surface area contributed by atoms with E-state index in [0.717, 1.165) is 14.2 Å². The second-order valence-electron chi connectivity index (χ2n) is 6.97. The van der Waals surface area contributed by atoms with Crippen molar-refractivity contribution in [3.63, 3.8) is 0 Å². The summed E-state index contributed by atoms with van der Waals surface area (Å²) in [5.41, 5.74) is -0.177. The van der Waals surface area contributed by atoms with Gasteiger partial charge in [0.2, 0.25) is 0 Å². The molecule has 0 aromatic carbocycles. The van der Waals surface area contributed by atoms with Crippen molar-refractivity contribution in [1.82, 2.24) is 4.90 Å². The molecule has 1 fully saturated rings. The van der Waals surface area contributed by atoms with Crippen LogP contribution in [0.1, 0.15) is 48.8 Å². The monoisotopic (exact) mass is 519 g/mol. The number of thiophene rings is 1. The number of rotatable bonds is 0. The van der Waals surface area contributed by atoms with Gasteiger partial charge in [0.25, 0.3) is 0 Å². The summed E-state index contributed by atoms with van der Waals surface area (Å²) >= 11 is 5.02. The Morgan fingerprint density at radius 3 is 2.52 bits per heavy atom.